The molecule has 0 aliphatic rings. The fraction of sp³-hybridized carbons (Fsp3) is 0.143. The molecule has 1 amide bonds. The van der Waals surface area contributed by atoms with Gasteiger partial charge in [0.2, 0.25) is 0 Å². The molecule has 3 aromatic rings. The topological polar surface area (TPSA) is 55.4 Å². The molecule has 1 N–H and O–H groups in total. The summed E-state index contributed by atoms with van der Waals surface area (Å²) in [7, 11) is 1.32. The first kappa shape index (κ1) is 18.1. The van der Waals surface area contributed by atoms with E-state index in [0.29, 0.717) is 12.0 Å². The Labute approximate surface area is 160 Å². The van der Waals surface area contributed by atoms with Crippen LogP contribution in [-0.4, -0.2) is 25.0 Å². The van der Waals surface area contributed by atoms with Gasteiger partial charge in [-0.3, -0.25) is 4.79 Å². The minimum Gasteiger partial charge on any atom is -0.467 e. The zero-order valence-corrected chi connectivity index (χ0v) is 15.8. The molecule has 0 aliphatic heterocycles. The van der Waals surface area contributed by atoms with E-state index in [2.05, 4.69) is 21.2 Å². The SMILES string of the molecule is COC(=O)[C@@H](Cc1ccccc1)NC(=O)c1ccc(Br)c2ccccc12. The summed E-state index contributed by atoms with van der Waals surface area (Å²) in [5, 5.41) is 4.58. The zero-order valence-electron chi connectivity index (χ0n) is 14.2. The van der Waals surface area contributed by atoms with Gasteiger partial charge in [-0.25, -0.2) is 4.79 Å². The molecule has 0 aromatic heterocycles. The van der Waals surface area contributed by atoms with E-state index < -0.39 is 12.0 Å². The fourth-order valence-electron chi connectivity index (χ4n) is 2.88. The number of fused-ring (bicyclic) bond motifs is 1. The van der Waals surface area contributed by atoms with Crippen LogP contribution in [0.5, 0.6) is 0 Å². The van der Waals surface area contributed by atoms with Crippen molar-refractivity contribution in [1.29, 1.82) is 0 Å². The molecule has 26 heavy (non-hydrogen) atoms. The first-order valence-electron chi connectivity index (χ1n) is 8.20. The largest absolute Gasteiger partial charge is 0.467 e. The molecule has 4 nitrogen and oxygen atoms in total. The molecule has 3 aromatic carbocycles. The van der Waals surface area contributed by atoms with Crippen molar-refractivity contribution < 1.29 is 14.3 Å². The van der Waals surface area contributed by atoms with Gasteiger partial charge in [0.1, 0.15) is 6.04 Å². The van der Waals surface area contributed by atoms with Crippen LogP contribution in [0.1, 0.15) is 15.9 Å². The third-order valence-electron chi connectivity index (χ3n) is 4.19. The first-order valence-corrected chi connectivity index (χ1v) is 8.99. The summed E-state index contributed by atoms with van der Waals surface area (Å²) in [5.41, 5.74) is 1.47. The van der Waals surface area contributed by atoms with Crippen LogP contribution in [0, 0.1) is 0 Å². The quantitative estimate of drug-likeness (QED) is 0.642. The number of hydrogen-bond donors (Lipinski definition) is 1. The molecule has 0 bridgehead atoms. The maximum absolute atomic E-state index is 12.9. The van der Waals surface area contributed by atoms with Crippen molar-refractivity contribution in [3.8, 4) is 0 Å². The summed E-state index contributed by atoms with van der Waals surface area (Å²) in [6.45, 7) is 0. The molecular weight excluding hydrogens is 394 g/mol. The summed E-state index contributed by atoms with van der Waals surface area (Å²) < 4.78 is 5.78. The molecule has 5 heteroatoms. The average molecular weight is 412 g/mol. The number of hydrogen-bond acceptors (Lipinski definition) is 3. The maximum Gasteiger partial charge on any atom is 0.328 e. The van der Waals surface area contributed by atoms with Crippen LogP contribution in [0.4, 0.5) is 0 Å². The monoisotopic (exact) mass is 411 g/mol. The number of rotatable bonds is 5. The Morgan fingerprint density at radius 1 is 0.962 bits per heavy atom. The van der Waals surface area contributed by atoms with Crippen LogP contribution in [-0.2, 0) is 16.0 Å². The Hall–Kier alpha value is -2.66. The number of esters is 1. The molecule has 0 radical (unpaired) electrons. The lowest BCUT2D eigenvalue weighted by Gasteiger charge is -2.17. The van der Waals surface area contributed by atoms with E-state index in [9.17, 15) is 9.59 Å². The Morgan fingerprint density at radius 2 is 1.62 bits per heavy atom. The predicted octanol–water partition coefficient (Wildman–Crippen LogP) is 4.12. The van der Waals surface area contributed by atoms with Crippen molar-refractivity contribution in [1.82, 2.24) is 5.32 Å². The highest BCUT2D eigenvalue weighted by molar-refractivity contribution is 9.10. The lowest BCUT2D eigenvalue weighted by atomic mass is 10.0. The van der Waals surface area contributed by atoms with E-state index in [0.717, 1.165) is 20.8 Å². The van der Waals surface area contributed by atoms with Crippen LogP contribution in [0.15, 0.2) is 71.2 Å². The van der Waals surface area contributed by atoms with Crippen molar-refractivity contribution in [2.24, 2.45) is 0 Å². The second kappa shape index (κ2) is 8.15. The highest BCUT2D eigenvalue weighted by Crippen LogP contribution is 2.26. The summed E-state index contributed by atoms with van der Waals surface area (Å²) in [6.07, 6.45) is 0.369. The minimum absolute atomic E-state index is 0.306. The summed E-state index contributed by atoms with van der Waals surface area (Å²) in [5.74, 6) is -0.774. The van der Waals surface area contributed by atoms with Crippen LogP contribution in [0.2, 0.25) is 0 Å². The smallest absolute Gasteiger partial charge is 0.328 e. The first-order chi connectivity index (χ1) is 12.6. The lowest BCUT2D eigenvalue weighted by molar-refractivity contribution is -0.142. The summed E-state index contributed by atoms with van der Waals surface area (Å²) >= 11 is 3.50. The molecule has 0 spiro atoms. The van der Waals surface area contributed by atoms with Crippen molar-refractivity contribution >= 4 is 38.6 Å². The van der Waals surface area contributed by atoms with Gasteiger partial charge in [-0.2, -0.15) is 0 Å². The van der Waals surface area contributed by atoms with E-state index in [-0.39, 0.29) is 5.91 Å². The van der Waals surface area contributed by atoms with Gasteiger partial charge in [0, 0.05) is 16.5 Å². The lowest BCUT2D eigenvalue weighted by Crippen LogP contribution is -2.43. The van der Waals surface area contributed by atoms with Crippen molar-refractivity contribution in [3.63, 3.8) is 0 Å². The molecule has 1 atom stereocenters. The predicted molar refractivity (Wildman–Crippen MR) is 105 cm³/mol. The van der Waals surface area contributed by atoms with E-state index in [1.807, 2.05) is 60.7 Å². The normalized spacial score (nSPS) is 11.8. The number of amides is 1. The summed E-state index contributed by atoms with van der Waals surface area (Å²) in [4.78, 5) is 25.0. The molecule has 0 unspecified atom stereocenters. The van der Waals surface area contributed by atoms with E-state index >= 15 is 0 Å². The standard InChI is InChI=1S/C21H18BrNO3/c1-26-21(25)19(13-14-7-3-2-4-8-14)23-20(24)17-11-12-18(22)16-10-6-5-9-15(16)17/h2-12,19H,13H2,1H3,(H,23,24)/t19-/m1/s1. The van der Waals surface area contributed by atoms with E-state index in [1.165, 1.54) is 7.11 Å². The Balaban J connectivity index is 1.89. The van der Waals surface area contributed by atoms with Gasteiger partial charge in [0.15, 0.2) is 0 Å². The number of benzene rings is 3. The van der Waals surface area contributed by atoms with Crippen LogP contribution >= 0.6 is 15.9 Å². The maximum atomic E-state index is 12.9. The van der Waals surface area contributed by atoms with Gasteiger partial charge in [-0.05, 0) is 28.5 Å². The molecular formula is C21H18BrNO3. The number of carbonyl (C=O) groups excluding carboxylic acids is 2. The number of nitrogens with one attached hydrogen (secondary N) is 1. The Bertz CT molecular complexity index is 940. The minimum atomic E-state index is -0.752. The molecule has 132 valence electrons. The second-order valence-electron chi connectivity index (χ2n) is 5.88. The van der Waals surface area contributed by atoms with Crippen LogP contribution in [0.25, 0.3) is 10.8 Å². The third-order valence-corrected chi connectivity index (χ3v) is 4.88. The molecule has 0 heterocycles. The molecule has 3 rings (SSSR count). The van der Waals surface area contributed by atoms with Crippen molar-refractivity contribution in [3.05, 3.63) is 82.3 Å². The van der Waals surface area contributed by atoms with Gasteiger partial charge in [0.25, 0.3) is 5.91 Å². The Kier molecular flexibility index (Phi) is 5.68. The van der Waals surface area contributed by atoms with Gasteiger partial charge in [-0.1, -0.05) is 70.5 Å². The van der Waals surface area contributed by atoms with E-state index in [4.69, 9.17) is 4.74 Å². The average Bonchev–Trinajstić information content (AvgIpc) is 2.68. The number of ether oxygens (including phenoxy) is 1. The number of halogens is 1. The molecule has 0 aliphatic carbocycles. The number of methoxy groups -OCH3 is 1. The molecule has 0 saturated carbocycles. The second-order valence-corrected chi connectivity index (χ2v) is 6.73. The highest BCUT2D eigenvalue weighted by Gasteiger charge is 2.23. The highest BCUT2D eigenvalue weighted by atomic mass is 79.9. The third kappa shape index (κ3) is 3.94. The van der Waals surface area contributed by atoms with Crippen molar-refractivity contribution in [2.45, 2.75) is 12.5 Å². The van der Waals surface area contributed by atoms with Gasteiger partial charge < -0.3 is 10.1 Å². The fourth-order valence-corrected chi connectivity index (χ4v) is 3.36. The molecule has 0 saturated heterocycles. The van der Waals surface area contributed by atoms with Crippen molar-refractivity contribution in [2.75, 3.05) is 7.11 Å². The van der Waals surface area contributed by atoms with Crippen LogP contribution in [0.3, 0.4) is 0 Å². The number of carbonyl (C=O) groups is 2. The van der Waals surface area contributed by atoms with Gasteiger partial charge in [-0.15, -0.1) is 0 Å². The van der Waals surface area contributed by atoms with Crippen LogP contribution < -0.4 is 5.32 Å². The zero-order chi connectivity index (χ0) is 18.5. The van der Waals surface area contributed by atoms with Gasteiger partial charge >= 0.3 is 5.97 Å². The Morgan fingerprint density at radius 3 is 2.31 bits per heavy atom. The van der Waals surface area contributed by atoms with E-state index in [1.54, 1.807) is 6.07 Å². The summed E-state index contributed by atoms with van der Waals surface area (Å²) in [6, 6.07) is 20.0. The van der Waals surface area contributed by atoms with Gasteiger partial charge in [0.05, 0.1) is 7.11 Å². The molecule has 0 fully saturated rings.